The molecule has 0 unspecified atom stereocenters. The molecule has 2 fully saturated rings. The van der Waals surface area contributed by atoms with Crippen molar-refractivity contribution in [3.63, 3.8) is 0 Å². The first kappa shape index (κ1) is 15.8. The summed E-state index contributed by atoms with van der Waals surface area (Å²) in [7, 11) is 1.39. The number of amides is 2. The number of piperidine rings is 1. The summed E-state index contributed by atoms with van der Waals surface area (Å²) in [6.07, 6.45) is 3.51. The maximum Gasteiger partial charge on any atom is 0.229 e. The topological polar surface area (TPSA) is 58.6 Å². The average Bonchev–Trinajstić information content (AvgIpc) is 3.39. The van der Waals surface area contributed by atoms with Crippen LogP contribution in [0.15, 0.2) is 18.2 Å². The van der Waals surface area contributed by atoms with Gasteiger partial charge in [0.1, 0.15) is 0 Å². The van der Waals surface area contributed by atoms with E-state index in [0.29, 0.717) is 12.2 Å². The number of methoxy groups -OCH3 is 1. The van der Waals surface area contributed by atoms with Crippen LogP contribution in [0.25, 0.3) is 0 Å². The molecule has 3 rings (SSSR count). The molecule has 1 aliphatic carbocycles. The van der Waals surface area contributed by atoms with E-state index in [1.807, 2.05) is 0 Å². The van der Waals surface area contributed by atoms with E-state index in [1.165, 1.54) is 19.2 Å². The maximum atomic E-state index is 13.7. The lowest BCUT2D eigenvalue weighted by Crippen LogP contribution is -2.44. The normalized spacial score (nSPS) is 21.0. The van der Waals surface area contributed by atoms with Gasteiger partial charge in [-0.3, -0.25) is 9.59 Å². The Balaban J connectivity index is 1.61. The maximum absolute atomic E-state index is 13.7. The number of anilines is 1. The molecule has 1 aromatic rings. The minimum absolute atomic E-state index is 0.141. The Hall–Kier alpha value is -2.11. The van der Waals surface area contributed by atoms with E-state index in [1.54, 1.807) is 11.0 Å². The van der Waals surface area contributed by atoms with Crippen LogP contribution in [0.4, 0.5) is 10.1 Å². The quantitative estimate of drug-likeness (QED) is 0.927. The van der Waals surface area contributed by atoms with Crippen molar-refractivity contribution < 1.29 is 18.7 Å². The highest BCUT2D eigenvalue weighted by Crippen LogP contribution is 2.32. The van der Waals surface area contributed by atoms with Gasteiger partial charge in [-0.1, -0.05) is 0 Å². The molecule has 1 heterocycles. The monoisotopic (exact) mass is 320 g/mol. The van der Waals surface area contributed by atoms with Gasteiger partial charge in [0, 0.05) is 30.8 Å². The van der Waals surface area contributed by atoms with Gasteiger partial charge in [0.15, 0.2) is 11.6 Å². The molecule has 1 aromatic carbocycles. The minimum Gasteiger partial charge on any atom is -0.494 e. The Morgan fingerprint density at radius 1 is 1.26 bits per heavy atom. The summed E-state index contributed by atoms with van der Waals surface area (Å²) in [5.74, 6) is -0.425. The van der Waals surface area contributed by atoms with Crippen LogP contribution in [0.3, 0.4) is 0 Å². The molecule has 1 saturated carbocycles. The van der Waals surface area contributed by atoms with E-state index in [0.717, 1.165) is 32.2 Å². The fourth-order valence-electron chi connectivity index (χ4n) is 2.97. The van der Waals surface area contributed by atoms with E-state index in [9.17, 15) is 14.0 Å². The summed E-state index contributed by atoms with van der Waals surface area (Å²) in [5, 5.41) is 2.74. The molecule has 1 saturated heterocycles. The smallest absolute Gasteiger partial charge is 0.229 e. The summed E-state index contributed by atoms with van der Waals surface area (Å²) >= 11 is 0. The van der Waals surface area contributed by atoms with Gasteiger partial charge < -0.3 is 15.0 Å². The van der Waals surface area contributed by atoms with Gasteiger partial charge in [0.05, 0.1) is 13.0 Å². The van der Waals surface area contributed by atoms with Gasteiger partial charge in [0.2, 0.25) is 11.8 Å². The Bertz CT molecular complexity index is 616. The Labute approximate surface area is 134 Å². The summed E-state index contributed by atoms with van der Waals surface area (Å²) in [6.45, 7) is 1.19. The first-order chi connectivity index (χ1) is 11.1. The summed E-state index contributed by atoms with van der Waals surface area (Å²) < 4.78 is 18.5. The van der Waals surface area contributed by atoms with Gasteiger partial charge in [0.25, 0.3) is 0 Å². The van der Waals surface area contributed by atoms with Crippen molar-refractivity contribution in [1.29, 1.82) is 0 Å². The lowest BCUT2D eigenvalue weighted by Gasteiger charge is -2.32. The number of ether oxygens (including phenoxy) is 1. The summed E-state index contributed by atoms with van der Waals surface area (Å²) in [4.78, 5) is 26.3. The number of likely N-dealkylation sites (tertiary alicyclic amines) is 1. The first-order valence-electron chi connectivity index (χ1n) is 8.01. The second-order valence-electron chi connectivity index (χ2n) is 6.24. The zero-order valence-corrected chi connectivity index (χ0v) is 13.2. The molecule has 2 amide bonds. The molecular weight excluding hydrogens is 299 g/mol. The number of rotatable bonds is 4. The predicted octanol–water partition coefficient (Wildman–Crippen LogP) is 2.42. The molecule has 0 aromatic heterocycles. The van der Waals surface area contributed by atoms with Gasteiger partial charge >= 0.3 is 0 Å². The third kappa shape index (κ3) is 3.63. The fourth-order valence-corrected chi connectivity index (χ4v) is 2.97. The van der Waals surface area contributed by atoms with Crippen LogP contribution in [-0.4, -0.2) is 36.9 Å². The van der Waals surface area contributed by atoms with Crippen LogP contribution in [0, 0.1) is 17.7 Å². The molecule has 124 valence electrons. The van der Waals surface area contributed by atoms with Crippen molar-refractivity contribution in [1.82, 2.24) is 4.90 Å². The van der Waals surface area contributed by atoms with Crippen LogP contribution < -0.4 is 10.1 Å². The molecule has 23 heavy (non-hydrogen) atoms. The number of halogens is 1. The second kappa shape index (κ2) is 6.56. The number of carbonyl (C=O) groups is 2. The number of benzene rings is 1. The standard InChI is InChI=1S/C17H21FN2O3/c1-23-15-7-6-13(9-14(15)18)19-16(21)12-3-2-8-20(10-12)17(22)11-4-5-11/h6-7,9,11-12H,2-5,8,10H2,1H3,(H,19,21)/t12-/m1/s1. The molecule has 0 bridgehead atoms. The molecule has 5 nitrogen and oxygen atoms in total. The largest absolute Gasteiger partial charge is 0.494 e. The van der Waals surface area contributed by atoms with E-state index in [4.69, 9.17) is 4.74 Å². The van der Waals surface area contributed by atoms with Crippen LogP contribution in [0.1, 0.15) is 25.7 Å². The van der Waals surface area contributed by atoms with Gasteiger partial charge in [-0.2, -0.15) is 0 Å². The van der Waals surface area contributed by atoms with Crippen molar-refractivity contribution in [2.75, 3.05) is 25.5 Å². The molecule has 1 N–H and O–H groups in total. The van der Waals surface area contributed by atoms with Crippen LogP contribution in [-0.2, 0) is 9.59 Å². The number of hydrogen-bond donors (Lipinski definition) is 1. The Morgan fingerprint density at radius 3 is 2.70 bits per heavy atom. The van der Waals surface area contributed by atoms with E-state index in [-0.39, 0.29) is 29.4 Å². The summed E-state index contributed by atoms with van der Waals surface area (Å²) in [5.41, 5.74) is 0.402. The highest BCUT2D eigenvalue weighted by Gasteiger charge is 2.36. The van der Waals surface area contributed by atoms with Crippen LogP contribution in [0.5, 0.6) is 5.75 Å². The lowest BCUT2D eigenvalue weighted by molar-refractivity contribution is -0.135. The molecule has 0 spiro atoms. The van der Waals surface area contributed by atoms with E-state index >= 15 is 0 Å². The molecule has 1 aliphatic heterocycles. The molecule has 1 atom stereocenters. The average molecular weight is 320 g/mol. The van der Waals surface area contributed by atoms with Crippen LogP contribution in [0.2, 0.25) is 0 Å². The second-order valence-corrected chi connectivity index (χ2v) is 6.24. The Kier molecular flexibility index (Phi) is 4.50. The number of nitrogens with zero attached hydrogens (tertiary/aromatic N) is 1. The molecule has 2 aliphatic rings. The minimum atomic E-state index is -0.514. The highest BCUT2D eigenvalue weighted by atomic mass is 19.1. The molecule has 6 heteroatoms. The van der Waals surface area contributed by atoms with Crippen molar-refractivity contribution >= 4 is 17.5 Å². The third-order valence-electron chi connectivity index (χ3n) is 4.45. The Morgan fingerprint density at radius 2 is 2.04 bits per heavy atom. The summed E-state index contributed by atoms with van der Waals surface area (Å²) in [6, 6.07) is 4.33. The van der Waals surface area contributed by atoms with Crippen molar-refractivity contribution in [2.45, 2.75) is 25.7 Å². The molecule has 0 radical (unpaired) electrons. The number of carbonyl (C=O) groups excluding carboxylic acids is 2. The highest BCUT2D eigenvalue weighted by molar-refractivity contribution is 5.93. The van der Waals surface area contributed by atoms with E-state index < -0.39 is 5.82 Å². The third-order valence-corrected chi connectivity index (χ3v) is 4.45. The lowest BCUT2D eigenvalue weighted by atomic mass is 9.96. The SMILES string of the molecule is COc1ccc(NC(=O)[C@@H]2CCCN(C(=O)C3CC3)C2)cc1F. The van der Waals surface area contributed by atoms with E-state index in [2.05, 4.69) is 5.32 Å². The van der Waals surface area contributed by atoms with Gasteiger partial charge in [-0.05, 0) is 37.8 Å². The molecular formula is C17H21FN2O3. The first-order valence-corrected chi connectivity index (χ1v) is 8.01. The van der Waals surface area contributed by atoms with Gasteiger partial charge in [-0.15, -0.1) is 0 Å². The number of nitrogens with one attached hydrogen (secondary N) is 1. The fraction of sp³-hybridized carbons (Fsp3) is 0.529. The van der Waals surface area contributed by atoms with Crippen LogP contribution >= 0.6 is 0 Å². The predicted molar refractivity (Wildman–Crippen MR) is 83.6 cm³/mol. The van der Waals surface area contributed by atoms with Crippen molar-refractivity contribution in [2.24, 2.45) is 11.8 Å². The van der Waals surface area contributed by atoms with Crippen molar-refractivity contribution in [3.8, 4) is 5.75 Å². The number of hydrogen-bond acceptors (Lipinski definition) is 3. The van der Waals surface area contributed by atoms with Gasteiger partial charge in [-0.25, -0.2) is 4.39 Å². The zero-order valence-electron chi connectivity index (χ0n) is 13.2. The van der Waals surface area contributed by atoms with Crippen molar-refractivity contribution in [3.05, 3.63) is 24.0 Å². The zero-order chi connectivity index (χ0) is 16.4.